The lowest BCUT2D eigenvalue weighted by atomic mass is 10.0. The Balaban J connectivity index is 2.05. The second-order valence-corrected chi connectivity index (χ2v) is 8.23. The highest BCUT2D eigenvalue weighted by molar-refractivity contribution is 7.90. The van der Waals surface area contributed by atoms with E-state index in [0.717, 1.165) is 6.26 Å². The summed E-state index contributed by atoms with van der Waals surface area (Å²) in [5.41, 5.74) is 7.13. The maximum absolute atomic E-state index is 14.3. The minimum atomic E-state index is -3.33. The molecule has 0 saturated carbocycles. The van der Waals surface area contributed by atoms with Crippen LogP contribution in [0.5, 0.6) is 0 Å². The largest absolute Gasteiger partial charge is 0.364 e. The Kier molecular flexibility index (Phi) is 5.10. The maximum Gasteiger partial charge on any atom is 0.271 e. The minimum absolute atomic E-state index is 0.120. The molecule has 0 atom stereocenters. The van der Waals surface area contributed by atoms with Crippen LogP contribution in [0.1, 0.15) is 16.1 Å². The number of rotatable bonds is 5. The number of halogens is 1. The predicted octanol–water partition coefficient (Wildman–Crippen LogP) is 2.84. The van der Waals surface area contributed by atoms with Crippen molar-refractivity contribution in [2.75, 3.05) is 11.6 Å². The van der Waals surface area contributed by atoms with Gasteiger partial charge < -0.3 is 11.1 Å². The van der Waals surface area contributed by atoms with E-state index in [1.807, 2.05) is 0 Å². The fourth-order valence-corrected chi connectivity index (χ4v) is 3.32. The number of nitrogens with two attached hydrogens (primary N) is 1. The number of amides is 1. The van der Waals surface area contributed by atoms with Crippen LogP contribution >= 0.6 is 0 Å². The second kappa shape index (κ2) is 7.35. The first-order valence-corrected chi connectivity index (χ1v) is 10.1. The van der Waals surface area contributed by atoms with Crippen LogP contribution in [0.4, 0.5) is 15.8 Å². The molecular weight excluding hydrogens is 383 g/mol. The number of nitrogens with zero attached hydrogens (tertiary/aromatic N) is 2. The van der Waals surface area contributed by atoms with Crippen LogP contribution in [-0.4, -0.2) is 30.8 Å². The maximum atomic E-state index is 14.3. The third-order valence-corrected chi connectivity index (χ3v) is 5.20. The lowest BCUT2D eigenvalue weighted by Gasteiger charge is -2.12. The monoisotopic (exact) mass is 400 g/mol. The number of hydrogen-bond donors (Lipinski definition) is 2. The zero-order valence-electron chi connectivity index (χ0n) is 15.1. The molecule has 0 spiro atoms. The van der Waals surface area contributed by atoms with Crippen molar-refractivity contribution < 1.29 is 17.6 Å². The van der Waals surface area contributed by atoms with Crippen molar-refractivity contribution in [2.24, 2.45) is 5.73 Å². The summed E-state index contributed by atoms with van der Waals surface area (Å²) < 4.78 is 37.4. The molecule has 144 valence electrons. The first-order valence-electron chi connectivity index (χ1n) is 8.17. The van der Waals surface area contributed by atoms with Crippen LogP contribution < -0.4 is 11.1 Å². The van der Waals surface area contributed by atoms with Crippen molar-refractivity contribution >= 4 is 27.1 Å². The number of carbonyl (C=O) groups excluding carboxylic acids is 1. The average molecular weight is 400 g/mol. The molecule has 28 heavy (non-hydrogen) atoms. The van der Waals surface area contributed by atoms with Gasteiger partial charge >= 0.3 is 0 Å². The van der Waals surface area contributed by atoms with Crippen molar-refractivity contribution in [3.63, 3.8) is 0 Å². The Morgan fingerprint density at radius 3 is 2.36 bits per heavy atom. The van der Waals surface area contributed by atoms with Gasteiger partial charge in [0, 0.05) is 17.5 Å². The number of sulfone groups is 1. The number of carbonyl (C=O) groups is 1. The summed E-state index contributed by atoms with van der Waals surface area (Å²) in [5.74, 6) is -1.27. The van der Waals surface area contributed by atoms with E-state index < -0.39 is 21.6 Å². The summed E-state index contributed by atoms with van der Waals surface area (Å²) in [4.78, 5) is 11.9. The molecule has 0 fully saturated rings. The number of aryl methyl sites for hydroxylation is 1. The van der Waals surface area contributed by atoms with E-state index in [2.05, 4.69) is 15.5 Å². The van der Waals surface area contributed by atoms with Crippen LogP contribution in [0, 0.1) is 12.7 Å². The lowest BCUT2D eigenvalue weighted by molar-refractivity contribution is 0.0995. The Morgan fingerprint density at radius 1 is 1.11 bits per heavy atom. The summed E-state index contributed by atoms with van der Waals surface area (Å²) in [6.45, 7) is 1.74. The van der Waals surface area contributed by atoms with Crippen molar-refractivity contribution in [1.82, 2.24) is 10.2 Å². The van der Waals surface area contributed by atoms with Gasteiger partial charge in [-0.05, 0) is 48.9 Å². The third-order valence-electron chi connectivity index (χ3n) is 4.07. The summed E-state index contributed by atoms with van der Waals surface area (Å²) >= 11 is 0. The molecule has 0 saturated heterocycles. The molecule has 9 heteroatoms. The lowest BCUT2D eigenvalue weighted by Crippen LogP contribution is -2.16. The quantitative estimate of drug-likeness (QED) is 0.680. The molecular formula is C19H17FN4O3S. The van der Waals surface area contributed by atoms with Gasteiger partial charge in [-0.3, -0.25) is 4.79 Å². The zero-order valence-corrected chi connectivity index (χ0v) is 15.9. The van der Waals surface area contributed by atoms with Crippen LogP contribution in [0.15, 0.2) is 53.4 Å². The van der Waals surface area contributed by atoms with E-state index >= 15 is 0 Å². The van der Waals surface area contributed by atoms with Crippen molar-refractivity contribution in [2.45, 2.75) is 11.8 Å². The molecule has 3 N–H and O–H groups in total. The normalized spacial score (nSPS) is 11.2. The van der Waals surface area contributed by atoms with E-state index in [1.54, 1.807) is 19.1 Å². The third kappa shape index (κ3) is 3.99. The number of anilines is 2. The van der Waals surface area contributed by atoms with Crippen LogP contribution in [0.25, 0.3) is 11.3 Å². The molecule has 3 rings (SSSR count). The number of primary amides is 1. The fourth-order valence-electron chi connectivity index (χ4n) is 2.69. The van der Waals surface area contributed by atoms with Crippen molar-refractivity contribution in [1.29, 1.82) is 0 Å². The van der Waals surface area contributed by atoms with Gasteiger partial charge in [0.15, 0.2) is 15.5 Å². The Bertz CT molecular complexity index is 1140. The van der Waals surface area contributed by atoms with Gasteiger partial charge in [0.2, 0.25) is 0 Å². The van der Waals surface area contributed by atoms with E-state index in [4.69, 9.17) is 5.73 Å². The molecule has 0 unspecified atom stereocenters. The molecule has 0 bridgehead atoms. The fraction of sp³-hybridized carbons (Fsp3) is 0.105. The zero-order chi connectivity index (χ0) is 20.5. The van der Waals surface area contributed by atoms with Crippen LogP contribution in [0.2, 0.25) is 0 Å². The smallest absolute Gasteiger partial charge is 0.271 e. The molecule has 2 aromatic carbocycles. The summed E-state index contributed by atoms with van der Waals surface area (Å²) in [6.07, 6.45) is 1.11. The summed E-state index contributed by atoms with van der Waals surface area (Å²) in [5, 5.41) is 10.7. The number of aromatic nitrogens is 2. The molecule has 0 aliphatic carbocycles. The first kappa shape index (κ1) is 19.4. The molecule has 1 amide bonds. The Labute approximate surface area is 161 Å². The number of benzene rings is 2. The number of hydrogen-bond acceptors (Lipinski definition) is 6. The molecule has 1 heterocycles. The van der Waals surface area contributed by atoms with Gasteiger partial charge in [0.05, 0.1) is 16.3 Å². The van der Waals surface area contributed by atoms with Gasteiger partial charge in [0.25, 0.3) is 5.91 Å². The predicted molar refractivity (Wildman–Crippen MR) is 104 cm³/mol. The Morgan fingerprint density at radius 2 is 1.79 bits per heavy atom. The molecule has 0 aliphatic heterocycles. The van der Waals surface area contributed by atoms with Gasteiger partial charge in [0.1, 0.15) is 5.82 Å². The average Bonchev–Trinajstić information content (AvgIpc) is 2.61. The van der Waals surface area contributed by atoms with E-state index in [1.165, 1.54) is 36.4 Å². The topological polar surface area (TPSA) is 115 Å². The van der Waals surface area contributed by atoms with Gasteiger partial charge in [-0.15, -0.1) is 10.2 Å². The first-order chi connectivity index (χ1) is 13.2. The van der Waals surface area contributed by atoms with E-state index in [-0.39, 0.29) is 27.5 Å². The highest BCUT2D eigenvalue weighted by Gasteiger charge is 2.17. The highest BCUT2D eigenvalue weighted by Crippen LogP contribution is 2.29. The highest BCUT2D eigenvalue weighted by atomic mass is 32.2. The second-order valence-electron chi connectivity index (χ2n) is 6.21. The Hall–Kier alpha value is -3.33. The van der Waals surface area contributed by atoms with Crippen LogP contribution in [0.3, 0.4) is 0 Å². The summed E-state index contributed by atoms with van der Waals surface area (Å²) in [7, 11) is -3.33. The van der Waals surface area contributed by atoms with E-state index in [9.17, 15) is 17.6 Å². The standard InChI is InChI=1S/C19H17FN4O3S/c1-11-4-3-5-14(20)17(11)15-10-16(18(19(21)25)24-23-15)22-12-6-8-13(9-7-12)28(2,26)27/h3-10H,1-2H3,(H2,21,25)(H,22,23). The van der Waals surface area contributed by atoms with Gasteiger partial charge in [-0.25, -0.2) is 12.8 Å². The van der Waals surface area contributed by atoms with Gasteiger partial charge in [-0.2, -0.15) is 0 Å². The minimum Gasteiger partial charge on any atom is -0.364 e. The molecule has 0 aliphatic rings. The number of nitrogens with one attached hydrogen (secondary N) is 1. The molecule has 3 aromatic rings. The van der Waals surface area contributed by atoms with Gasteiger partial charge in [-0.1, -0.05) is 12.1 Å². The molecule has 0 radical (unpaired) electrons. The van der Waals surface area contributed by atoms with Crippen molar-refractivity contribution in [3.05, 3.63) is 65.6 Å². The molecule has 1 aromatic heterocycles. The molecule has 7 nitrogen and oxygen atoms in total. The summed E-state index contributed by atoms with van der Waals surface area (Å²) in [6, 6.07) is 12.0. The SMILES string of the molecule is Cc1cccc(F)c1-c1cc(Nc2ccc(S(C)(=O)=O)cc2)c(C(N)=O)nn1. The van der Waals surface area contributed by atoms with Crippen LogP contribution in [-0.2, 0) is 9.84 Å². The van der Waals surface area contributed by atoms with E-state index in [0.29, 0.717) is 11.3 Å². The van der Waals surface area contributed by atoms with Crippen molar-refractivity contribution in [3.8, 4) is 11.3 Å².